The predicted molar refractivity (Wildman–Crippen MR) is 77.1 cm³/mol. The molecule has 0 saturated heterocycles. The van der Waals surface area contributed by atoms with Gasteiger partial charge in [0.2, 0.25) is 0 Å². The zero-order valence-corrected chi connectivity index (χ0v) is 12.1. The number of hydrogen-bond acceptors (Lipinski definition) is 1. The zero-order valence-electron chi connectivity index (χ0n) is 12.1. The van der Waals surface area contributed by atoms with Crippen molar-refractivity contribution in [1.82, 2.24) is 0 Å². The van der Waals surface area contributed by atoms with Crippen LogP contribution in [0.15, 0.2) is 34.9 Å². The fourth-order valence-corrected chi connectivity index (χ4v) is 1.73. The Balaban J connectivity index is 3.88. The number of hydrogen-bond donors (Lipinski definition) is 1. The Kier molecular flexibility index (Phi) is 8.79. The SMILES string of the molecule is CC(C)=CCCC(C)=CCCC(C)=CC(C)O. The molecule has 0 saturated carbocycles. The molecule has 98 valence electrons. The molecular formula is C16H28O. The average molecular weight is 236 g/mol. The molecule has 0 radical (unpaired) electrons. The first kappa shape index (κ1) is 16.2. The van der Waals surface area contributed by atoms with Crippen molar-refractivity contribution in [2.24, 2.45) is 0 Å². The second kappa shape index (κ2) is 9.23. The Bertz CT molecular complexity index is 289. The van der Waals surface area contributed by atoms with Crippen LogP contribution in [0.5, 0.6) is 0 Å². The molecule has 0 aromatic carbocycles. The summed E-state index contributed by atoms with van der Waals surface area (Å²) in [6.45, 7) is 10.4. The lowest BCUT2D eigenvalue weighted by atomic mass is 10.1. The van der Waals surface area contributed by atoms with Gasteiger partial charge in [0.15, 0.2) is 0 Å². The fourth-order valence-electron chi connectivity index (χ4n) is 1.73. The van der Waals surface area contributed by atoms with Crippen molar-refractivity contribution in [3.8, 4) is 0 Å². The minimum Gasteiger partial charge on any atom is -0.389 e. The van der Waals surface area contributed by atoms with E-state index in [1.165, 1.54) is 16.7 Å². The summed E-state index contributed by atoms with van der Waals surface area (Å²) < 4.78 is 0. The van der Waals surface area contributed by atoms with Gasteiger partial charge in [0, 0.05) is 0 Å². The van der Waals surface area contributed by atoms with E-state index in [9.17, 15) is 5.11 Å². The minimum atomic E-state index is -0.322. The van der Waals surface area contributed by atoms with E-state index < -0.39 is 0 Å². The van der Waals surface area contributed by atoms with Gasteiger partial charge in [-0.05, 0) is 60.3 Å². The third kappa shape index (κ3) is 11.4. The summed E-state index contributed by atoms with van der Waals surface area (Å²) >= 11 is 0. The molecule has 0 bridgehead atoms. The first-order chi connectivity index (χ1) is 7.91. The van der Waals surface area contributed by atoms with Crippen molar-refractivity contribution in [3.63, 3.8) is 0 Å². The molecule has 0 fully saturated rings. The van der Waals surface area contributed by atoms with E-state index in [-0.39, 0.29) is 6.10 Å². The van der Waals surface area contributed by atoms with E-state index in [0.717, 1.165) is 25.7 Å². The van der Waals surface area contributed by atoms with Gasteiger partial charge in [-0.25, -0.2) is 0 Å². The molecule has 0 heterocycles. The van der Waals surface area contributed by atoms with E-state index in [1.54, 1.807) is 6.92 Å². The summed E-state index contributed by atoms with van der Waals surface area (Å²) in [6, 6.07) is 0. The first-order valence-corrected chi connectivity index (χ1v) is 6.56. The van der Waals surface area contributed by atoms with Crippen molar-refractivity contribution >= 4 is 0 Å². The van der Waals surface area contributed by atoms with Crippen molar-refractivity contribution in [3.05, 3.63) is 34.9 Å². The molecule has 1 atom stereocenters. The summed E-state index contributed by atoms with van der Waals surface area (Å²) in [5.74, 6) is 0. The van der Waals surface area contributed by atoms with Crippen LogP contribution < -0.4 is 0 Å². The summed E-state index contributed by atoms with van der Waals surface area (Å²) in [5, 5.41) is 9.20. The lowest BCUT2D eigenvalue weighted by molar-refractivity contribution is 0.243. The number of aliphatic hydroxyl groups is 1. The van der Waals surface area contributed by atoms with Gasteiger partial charge in [-0.1, -0.05) is 34.9 Å². The van der Waals surface area contributed by atoms with Gasteiger partial charge in [-0.2, -0.15) is 0 Å². The van der Waals surface area contributed by atoms with Crippen LogP contribution in [0.4, 0.5) is 0 Å². The molecule has 17 heavy (non-hydrogen) atoms. The molecule has 0 aromatic heterocycles. The fraction of sp³-hybridized carbons (Fsp3) is 0.625. The Hall–Kier alpha value is -0.820. The molecule has 1 heteroatoms. The van der Waals surface area contributed by atoms with Crippen molar-refractivity contribution in [2.45, 2.75) is 66.4 Å². The second-order valence-electron chi connectivity index (χ2n) is 5.16. The van der Waals surface area contributed by atoms with Gasteiger partial charge in [-0.3, -0.25) is 0 Å². The van der Waals surface area contributed by atoms with Crippen LogP contribution in [-0.4, -0.2) is 11.2 Å². The normalized spacial score (nSPS) is 14.7. The van der Waals surface area contributed by atoms with Gasteiger partial charge in [0.05, 0.1) is 6.10 Å². The van der Waals surface area contributed by atoms with Crippen molar-refractivity contribution in [1.29, 1.82) is 0 Å². The average Bonchev–Trinajstić information content (AvgIpc) is 2.15. The molecule has 0 aliphatic heterocycles. The topological polar surface area (TPSA) is 20.2 Å². The standard InChI is InChI=1S/C16H28O/c1-13(2)8-6-9-14(3)10-7-11-15(4)12-16(5)17/h8,10,12,16-17H,6-7,9,11H2,1-5H3. The van der Waals surface area contributed by atoms with Gasteiger partial charge in [0.1, 0.15) is 0 Å². The summed E-state index contributed by atoms with van der Waals surface area (Å²) in [6.07, 6.45) is 10.6. The lowest BCUT2D eigenvalue weighted by Gasteiger charge is -2.02. The Morgan fingerprint density at radius 2 is 1.47 bits per heavy atom. The van der Waals surface area contributed by atoms with Crippen LogP contribution in [0.3, 0.4) is 0 Å². The monoisotopic (exact) mass is 236 g/mol. The second-order valence-corrected chi connectivity index (χ2v) is 5.16. The highest BCUT2D eigenvalue weighted by Gasteiger charge is 1.94. The maximum atomic E-state index is 9.20. The van der Waals surface area contributed by atoms with Crippen molar-refractivity contribution < 1.29 is 5.11 Å². The molecule has 0 spiro atoms. The molecule has 0 amide bonds. The number of allylic oxidation sites excluding steroid dienone is 5. The molecule has 0 aromatic rings. The summed E-state index contributed by atoms with van der Waals surface area (Å²) in [4.78, 5) is 0. The molecule has 1 N–H and O–H groups in total. The largest absolute Gasteiger partial charge is 0.389 e. The van der Waals surface area contributed by atoms with Crippen LogP contribution >= 0.6 is 0 Å². The van der Waals surface area contributed by atoms with E-state index in [1.807, 2.05) is 6.08 Å². The minimum absolute atomic E-state index is 0.322. The highest BCUT2D eigenvalue weighted by molar-refractivity contribution is 5.06. The van der Waals surface area contributed by atoms with Crippen LogP contribution in [0.1, 0.15) is 60.3 Å². The van der Waals surface area contributed by atoms with Crippen molar-refractivity contribution in [2.75, 3.05) is 0 Å². The van der Waals surface area contributed by atoms with Crippen LogP contribution in [0, 0.1) is 0 Å². The maximum absolute atomic E-state index is 9.20. The summed E-state index contributed by atoms with van der Waals surface area (Å²) in [5.41, 5.74) is 4.13. The van der Waals surface area contributed by atoms with Gasteiger partial charge in [-0.15, -0.1) is 0 Å². The number of rotatable bonds is 7. The highest BCUT2D eigenvalue weighted by atomic mass is 16.3. The molecule has 1 nitrogen and oxygen atoms in total. The van der Waals surface area contributed by atoms with Gasteiger partial charge < -0.3 is 5.11 Å². The number of aliphatic hydroxyl groups excluding tert-OH is 1. The van der Waals surface area contributed by atoms with Crippen LogP contribution in [0.2, 0.25) is 0 Å². The molecule has 0 aliphatic rings. The van der Waals surface area contributed by atoms with Gasteiger partial charge >= 0.3 is 0 Å². The predicted octanol–water partition coefficient (Wildman–Crippen LogP) is 4.79. The first-order valence-electron chi connectivity index (χ1n) is 6.56. The quantitative estimate of drug-likeness (QED) is 0.630. The maximum Gasteiger partial charge on any atom is 0.0695 e. The Labute approximate surface area is 107 Å². The third-order valence-electron chi connectivity index (χ3n) is 2.65. The zero-order chi connectivity index (χ0) is 13.3. The van der Waals surface area contributed by atoms with Crippen LogP contribution in [-0.2, 0) is 0 Å². The van der Waals surface area contributed by atoms with Crippen LogP contribution in [0.25, 0.3) is 0 Å². The third-order valence-corrected chi connectivity index (χ3v) is 2.65. The van der Waals surface area contributed by atoms with E-state index >= 15 is 0 Å². The highest BCUT2D eigenvalue weighted by Crippen LogP contribution is 2.11. The lowest BCUT2D eigenvalue weighted by Crippen LogP contribution is -1.94. The molecule has 1 unspecified atom stereocenters. The Morgan fingerprint density at radius 1 is 0.941 bits per heavy atom. The molecule has 0 rings (SSSR count). The van der Waals surface area contributed by atoms with E-state index in [0.29, 0.717) is 0 Å². The van der Waals surface area contributed by atoms with Gasteiger partial charge in [0.25, 0.3) is 0 Å². The molecular weight excluding hydrogens is 208 g/mol. The van der Waals surface area contributed by atoms with E-state index in [2.05, 4.69) is 39.8 Å². The Morgan fingerprint density at radius 3 is 2.00 bits per heavy atom. The van der Waals surface area contributed by atoms with E-state index in [4.69, 9.17) is 0 Å². The molecule has 0 aliphatic carbocycles. The summed E-state index contributed by atoms with van der Waals surface area (Å²) in [7, 11) is 0. The smallest absolute Gasteiger partial charge is 0.0695 e.